The Morgan fingerprint density at radius 1 is 1.04 bits per heavy atom. The summed E-state index contributed by atoms with van der Waals surface area (Å²) in [7, 11) is 1.66. The number of nitrogens with zero attached hydrogens (tertiary/aromatic N) is 2. The molecule has 1 saturated heterocycles. The number of carbonyl (C=O) groups excluding carboxylic acids is 2. The molecule has 3 rings (SSSR count). The van der Waals surface area contributed by atoms with E-state index in [4.69, 9.17) is 4.74 Å². The van der Waals surface area contributed by atoms with Gasteiger partial charge < -0.3 is 14.5 Å². The highest BCUT2D eigenvalue weighted by atomic mass is 16.5. The van der Waals surface area contributed by atoms with Crippen molar-refractivity contribution in [2.24, 2.45) is 5.92 Å². The van der Waals surface area contributed by atoms with E-state index in [2.05, 4.69) is 20.8 Å². The van der Waals surface area contributed by atoms with Crippen LogP contribution in [-0.4, -0.2) is 54.9 Å². The normalized spacial score (nSPS) is 18.5. The molecule has 1 aliphatic heterocycles. The zero-order valence-corrected chi connectivity index (χ0v) is 16.4. The van der Waals surface area contributed by atoms with Crippen molar-refractivity contribution in [3.8, 4) is 5.75 Å². The number of hydrogen-bond acceptors (Lipinski definition) is 3. The van der Waals surface area contributed by atoms with Gasteiger partial charge in [-0.2, -0.15) is 0 Å². The molecule has 1 saturated carbocycles. The van der Waals surface area contributed by atoms with Crippen molar-refractivity contribution in [1.82, 2.24) is 9.80 Å². The summed E-state index contributed by atoms with van der Waals surface area (Å²) in [6, 6.07) is 5.68. The number of methoxy groups -OCH3 is 1. The Morgan fingerprint density at radius 3 is 2.31 bits per heavy atom. The predicted molar refractivity (Wildman–Crippen MR) is 102 cm³/mol. The summed E-state index contributed by atoms with van der Waals surface area (Å²) in [6.07, 6.45) is 2.89. The Labute approximate surface area is 156 Å². The van der Waals surface area contributed by atoms with Crippen molar-refractivity contribution < 1.29 is 14.3 Å². The second-order valence-corrected chi connectivity index (χ2v) is 8.41. The third-order valence-corrected chi connectivity index (χ3v) is 5.28. The van der Waals surface area contributed by atoms with Crippen molar-refractivity contribution in [3.05, 3.63) is 29.3 Å². The van der Waals surface area contributed by atoms with Gasteiger partial charge in [0, 0.05) is 43.2 Å². The first-order chi connectivity index (χ1) is 12.3. The van der Waals surface area contributed by atoms with Crippen molar-refractivity contribution in [2.75, 3.05) is 33.3 Å². The van der Waals surface area contributed by atoms with E-state index in [0.29, 0.717) is 25.2 Å². The van der Waals surface area contributed by atoms with Gasteiger partial charge in [0.25, 0.3) is 5.91 Å². The molecule has 0 atom stereocenters. The van der Waals surface area contributed by atoms with Gasteiger partial charge in [-0.25, -0.2) is 0 Å². The highest BCUT2D eigenvalue weighted by Crippen LogP contribution is 2.33. The number of amides is 2. The standard InChI is InChI=1S/C21H30N2O3/c1-21(2,3)17-14-16(8-9-18(17)26-4)20(25)23-11-5-10-22(12-13-23)19(24)15-6-7-15/h8-9,14-15H,5-7,10-13H2,1-4H3. The lowest BCUT2D eigenvalue weighted by molar-refractivity contribution is -0.132. The van der Waals surface area contributed by atoms with Gasteiger partial charge in [0.1, 0.15) is 5.75 Å². The molecular formula is C21H30N2O3. The lowest BCUT2D eigenvalue weighted by Crippen LogP contribution is -2.38. The molecule has 2 amide bonds. The van der Waals surface area contributed by atoms with E-state index in [0.717, 1.165) is 37.1 Å². The Morgan fingerprint density at radius 2 is 1.69 bits per heavy atom. The zero-order chi connectivity index (χ0) is 18.9. The van der Waals surface area contributed by atoms with Crippen molar-refractivity contribution in [2.45, 2.75) is 45.4 Å². The van der Waals surface area contributed by atoms with Crippen LogP contribution in [-0.2, 0) is 10.2 Å². The summed E-state index contributed by atoms with van der Waals surface area (Å²) in [6.45, 7) is 9.06. The summed E-state index contributed by atoms with van der Waals surface area (Å²) >= 11 is 0. The molecule has 26 heavy (non-hydrogen) atoms. The molecule has 2 fully saturated rings. The predicted octanol–water partition coefficient (Wildman–Crippen LogP) is 3.08. The average Bonchev–Trinajstić information content (AvgIpc) is 3.45. The Kier molecular flexibility index (Phi) is 5.26. The van der Waals surface area contributed by atoms with Gasteiger partial charge in [-0.15, -0.1) is 0 Å². The van der Waals surface area contributed by atoms with E-state index in [-0.39, 0.29) is 23.1 Å². The Bertz CT molecular complexity index is 689. The van der Waals surface area contributed by atoms with Crippen LogP contribution in [0.5, 0.6) is 5.75 Å². The third kappa shape index (κ3) is 4.02. The van der Waals surface area contributed by atoms with Crippen molar-refractivity contribution in [1.29, 1.82) is 0 Å². The fourth-order valence-corrected chi connectivity index (χ4v) is 3.54. The molecule has 5 nitrogen and oxygen atoms in total. The zero-order valence-electron chi connectivity index (χ0n) is 16.4. The largest absolute Gasteiger partial charge is 0.496 e. The summed E-state index contributed by atoms with van der Waals surface area (Å²) in [4.78, 5) is 29.2. The molecular weight excluding hydrogens is 328 g/mol. The molecule has 5 heteroatoms. The van der Waals surface area contributed by atoms with Gasteiger partial charge in [-0.1, -0.05) is 20.8 Å². The fourth-order valence-electron chi connectivity index (χ4n) is 3.54. The first kappa shape index (κ1) is 18.7. The van der Waals surface area contributed by atoms with Crippen molar-refractivity contribution >= 4 is 11.8 Å². The molecule has 1 aromatic carbocycles. The van der Waals surface area contributed by atoms with Crippen LogP contribution in [0.2, 0.25) is 0 Å². The lowest BCUT2D eigenvalue weighted by atomic mass is 9.85. The molecule has 0 aromatic heterocycles. The quantitative estimate of drug-likeness (QED) is 0.834. The number of benzene rings is 1. The summed E-state index contributed by atoms with van der Waals surface area (Å²) in [5.74, 6) is 1.37. The van der Waals surface area contributed by atoms with Gasteiger partial charge in [0.05, 0.1) is 7.11 Å². The third-order valence-electron chi connectivity index (χ3n) is 5.28. The van der Waals surface area contributed by atoms with Crippen LogP contribution in [0.25, 0.3) is 0 Å². The summed E-state index contributed by atoms with van der Waals surface area (Å²) in [5.41, 5.74) is 1.62. The molecule has 1 aliphatic carbocycles. The topological polar surface area (TPSA) is 49.9 Å². The molecule has 0 N–H and O–H groups in total. The first-order valence-electron chi connectivity index (χ1n) is 9.58. The number of ether oxygens (including phenoxy) is 1. The molecule has 0 bridgehead atoms. The molecule has 0 spiro atoms. The second-order valence-electron chi connectivity index (χ2n) is 8.41. The monoisotopic (exact) mass is 358 g/mol. The maximum absolute atomic E-state index is 13.0. The van der Waals surface area contributed by atoms with Gasteiger partial charge in [0.2, 0.25) is 5.91 Å². The smallest absolute Gasteiger partial charge is 0.253 e. The van der Waals surface area contributed by atoms with Crippen LogP contribution in [0.3, 0.4) is 0 Å². The molecule has 142 valence electrons. The Hall–Kier alpha value is -2.04. The van der Waals surface area contributed by atoms with E-state index < -0.39 is 0 Å². The second kappa shape index (κ2) is 7.29. The minimum Gasteiger partial charge on any atom is -0.496 e. The minimum absolute atomic E-state index is 0.0406. The maximum atomic E-state index is 13.0. The number of carbonyl (C=O) groups is 2. The Balaban J connectivity index is 1.73. The average molecular weight is 358 g/mol. The van der Waals surface area contributed by atoms with E-state index in [1.165, 1.54) is 0 Å². The van der Waals surface area contributed by atoms with Crippen LogP contribution in [0, 0.1) is 5.92 Å². The highest BCUT2D eigenvalue weighted by molar-refractivity contribution is 5.94. The van der Waals surface area contributed by atoms with Gasteiger partial charge in [0.15, 0.2) is 0 Å². The maximum Gasteiger partial charge on any atom is 0.253 e. The molecule has 2 aliphatic rings. The van der Waals surface area contributed by atoms with Crippen LogP contribution in [0.15, 0.2) is 18.2 Å². The first-order valence-corrected chi connectivity index (χ1v) is 9.58. The fraction of sp³-hybridized carbons (Fsp3) is 0.619. The van der Waals surface area contributed by atoms with E-state index in [1.807, 2.05) is 28.0 Å². The van der Waals surface area contributed by atoms with Gasteiger partial charge >= 0.3 is 0 Å². The number of rotatable bonds is 3. The van der Waals surface area contributed by atoms with Crippen molar-refractivity contribution in [3.63, 3.8) is 0 Å². The SMILES string of the molecule is COc1ccc(C(=O)N2CCCN(C(=O)C3CC3)CC2)cc1C(C)(C)C. The summed E-state index contributed by atoms with van der Waals surface area (Å²) < 4.78 is 5.47. The summed E-state index contributed by atoms with van der Waals surface area (Å²) in [5, 5.41) is 0. The van der Waals surface area contributed by atoms with Crippen LogP contribution in [0.1, 0.15) is 56.0 Å². The lowest BCUT2D eigenvalue weighted by Gasteiger charge is -2.25. The van der Waals surface area contributed by atoms with E-state index >= 15 is 0 Å². The molecule has 1 heterocycles. The van der Waals surface area contributed by atoms with Gasteiger partial charge in [-0.05, 0) is 42.9 Å². The molecule has 0 unspecified atom stereocenters. The van der Waals surface area contributed by atoms with E-state index in [9.17, 15) is 9.59 Å². The molecule has 0 radical (unpaired) electrons. The molecule has 1 aromatic rings. The van der Waals surface area contributed by atoms with Gasteiger partial charge in [-0.3, -0.25) is 9.59 Å². The number of hydrogen-bond donors (Lipinski definition) is 0. The van der Waals surface area contributed by atoms with Crippen LogP contribution >= 0.6 is 0 Å². The van der Waals surface area contributed by atoms with Crippen LogP contribution < -0.4 is 4.74 Å². The van der Waals surface area contributed by atoms with E-state index in [1.54, 1.807) is 7.11 Å². The minimum atomic E-state index is -0.103. The van der Waals surface area contributed by atoms with Crippen LogP contribution in [0.4, 0.5) is 0 Å². The highest BCUT2D eigenvalue weighted by Gasteiger charge is 2.34.